The number of nitrogens with two attached hydrogens (primary N) is 1. The van der Waals surface area contributed by atoms with Crippen molar-refractivity contribution in [1.29, 1.82) is 0 Å². The van der Waals surface area contributed by atoms with Gasteiger partial charge in [0.15, 0.2) is 5.16 Å². The van der Waals surface area contributed by atoms with Crippen molar-refractivity contribution in [3.63, 3.8) is 0 Å². The van der Waals surface area contributed by atoms with Gasteiger partial charge in [-0.2, -0.15) is 15.0 Å². The number of fused-ring (bicyclic) bond motifs is 3. The maximum absolute atomic E-state index is 13.7. The molecule has 4 aromatic rings. The van der Waals surface area contributed by atoms with Crippen molar-refractivity contribution in [3.05, 3.63) is 50.8 Å². The smallest absolute Gasteiger partial charge is 0.263 e. The number of aryl methyl sites for hydroxylation is 1. The molecular formula is C22H25N7O2S2. The lowest BCUT2D eigenvalue weighted by atomic mass is 9.89. The third-order valence-electron chi connectivity index (χ3n) is 5.69. The largest absolute Gasteiger partial charge is 0.467 e. The lowest BCUT2D eigenvalue weighted by Crippen LogP contribution is -2.24. The molecule has 9 nitrogen and oxygen atoms in total. The maximum Gasteiger partial charge on any atom is 0.263 e. The summed E-state index contributed by atoms with van der Waals surface area (Å²) in [6.45, 7) is 2.58. The second kappa shape index (κ2) is 8.79. The first-order chi connectivity index (χ1) is 15.9. The van der Waals surface area contributed by atoms with Crippen molar-refractivity contribution in [3.8, 4) is 0 Å². The van der Waals surface area contributed by atoms with E-state index < -0.39 is 0 Å². The first-order valence-corrected chi connectivity index (χ1v) is 12.6. The minimum Gasteiger partial charge on any atom is -0.467 e. The van der Waals surface area contributed by atoms with Crippen molar-refractivity contribution < 1.29 is 4.42 Å². The Labute approximate surface area is 199 Å². The number of thioether (sulfide) groups is 1. The van der Waals surface area contributed by atoms with E-state index in [1.807, 2.05) is 26.2 Å². The average Bonchev–Trinajstić information content (AvgIpc) is 3.41. The Morgan fingerprint density at radius 1 is 1.30 bits per heavy atom. The monoisotopic (exact) mass is 483 g/mol. The molecule has 0 saturated carbocycles. The van der Waals surface area contributed by atoms with Crippen molar-refractivity contribution in [2.45, 2.75) is 43.6 Å². The topological polar surface area (TPSA) is 116 Å². The van der Waals surface area contributed by atoms with Crippen LogP contribution in [-0.2, 0) is 25.1 Å². The molecule has 33 heavy (non-hydrogen) atoms. The molecule has 5 rings (SSSR count). The Kier molecular flexibility index (Phi) is 5.83. The number of hydrogen-bond acceptors (Lipinski definition) is 10. The van der Waals surface area contributed by atoms with Crippen LogP contribution >= 0.6 is 23.1 Å². The number of hydrogen-bond donors (Lipinski definition) is 1. The van der Waals surface area contributed by atoms with Crippen molar-refractivity contribution >= 4 is 45.2 Å². The molecule has 1 aliphatic rings. The molecule has 172 valence electrons. The van der Waals surface area contributed by atoms with Crippen LogP contribution in [0.1, 0.15) is 35.4 Å². The van der Waals surface area contributed by atoms with E-state index in [2.05, 4.69) is 21.9 Å². The molecule has 4 heterocycles. The Bertz CT molecular complexity index is 1360. The molecule has 1 atom stereocenters. The van der Waals surface area contributed by atoms with Crippen molar-refractivity contribution in [1.82, 2.24) is 24.5 Å². The molecular weight excluding hydrogens is 458 g/mol. The molecule has 2 N–H and O–H groups in total. The summed E-state index contributed by atoms with van der Waals surface area (Å²) >= 11 is 3.07. The van der Waals surface area contributed by atoms with Crippen molar-refractivity contribution in [2.24, 2.45) is 5.92 Å². The van der Waals surface area contributed by atoms with Crippen LogP contribution in [0, 0.1) is 5.92 Å². The summed E-state index contributed by atoms with van der Waals surface area (Å²) in [4.78, 5) is 35.4. The minimum atomic E-state index is -0.0184. The summed E-state index contributed by atoms with van der Waals surface area (Å²) in [5.74, 6) is 2.94. The third-order valence-corrected chi connectivity index (χ3v) is 7.81. The summed E-state index contributed by atoms with van der Waals surface area (Å²) in [5.41, 5.74) is 7.03. The zero-order chi connectivity index (χ0) is 23.1. The van der Waals surface area contributed by atoms with Gasteiger partial charge in [0.2, 0.25) is 11.9 Å². The van der Waals surface area contributed by atoms with Gasteiger partial charge >= 0.3 is 0 Å². The molecule has 11 heteroatoms. The van der Waals surface area contributed by atoms with Crippen LogP contribution < -0.4 is 16.2 Å². The third kappa shape index (κ3) is 4.34. The Balaban J connectivity index is 1.56. The predicted molar refractivity (Wildman–Crippen MR) is 131 cm³/mol. The van der Waals surface area contributed by atoms with E-state index in [1.54, 1.807) is 27.1 Å². The van der Waals surface area contributed by atoms with Crippen LogP contribution in [0.25, 0.3) is 10.2 Å². The van der Waals surface area contributed by atoms with Gasteiger partial charge in [-0.15, -0.1) is 11.3 Å². The van der Waals surface area contributed by atoms with E-state index in [-0.39, 0.29) is 11.5 Å². The van der Waals surface area contributed by atoms with Gasteiger partial charge in [0.1, 0.15) is 16.4 Å². The fourth-order valence-corrected chi connectivity index (χ4v) is 6.31. The number of furan rings is 1. The van der Waals surface area contributed by atoms with E-state index in [4.69, 9.17) is 15.1 Å². The Hall–Kier alpha value is -2.92. The van der Waals surface area contributed by atoms with E-state index in [9.17, 15) is 4.79 Å². The fraction of sp³-hybridized carbons (Fsp3) is 0.409. The average molecular weight is 484 g/mol. The summed E-state index contributed by atoms with van der Waals surface area (Å²) in [6, 6.07) is 3.69. The molecule has 4 aromatic heterocycles. The molecule has 0 saturated heterocycles. The number of thiophene rings is 1. The molecule has 0 aliphatic heterocycles. The zero-order valence-electron chi connectivity index (χ0n) is 18.7. The number of nitrogens with zero attached hydrogens (tertiary/aromatic N) is 6. The Morgan fingerprint density at radius 2 is 2.15 bits per heavy atom. The quantitative estimate of drug-likeness (QED) is 0.325. The van der Waals surface area contributed by atoms with Gasteiger partial charge in [0.25, 0.3) is 5.56 Å². The van der Waals surface area contributed by atoms with Crippen LogP contribution in [0.2, 0.25) is 0 Å². The summed E-state index contributed by atoms with van der Waals surface area (Å²) in [6.07, 6.45) is 4.65. The summed E-state index contributed by atoms with van der Waals surface area (Å²) in [5, 5.41) is 1.37. The number of aromatic nitrogens is 5. The minimum absolute atomic E-state index is 0.0184. The Morgan fingerprint density at radius 3 is 2.91 bits per heavy atom. The molecule has 1 aliphatic carbocycles. The molecule has 0 radical (unpaired) electrons. The first-order valence-electron chi connectivity index (χ1n) is 10.8. The lowest BCUT2D eigenvalue weighted by Gasteiger charge is -2.17. The van der Waals surface area contributed by atoms with Gasteiger partial charge in [0.05, 0.1) is 23.9 Å². The highest BCUT2D eigenvalue weighted by Gasteiger charge is 2.25. The highest BCUT2D eigenvalue weighted by atomic mass is 32.2. The van der Waals surface area contributed by atoms with E-state index in [0.717, 1.165) is 29.5 Å². The molecule has 0 spiro atoms. The standard InChI is InChI=1S/C22H25N7O2S2/c1-12-6-7-14-15(9-12)33-18-17(14)19(30)29(10-13-5-4-8-31-13)22(26-18)32-11-16-24-20(23)27-21(25-16)28(2)3/h4-5,8,12H,6-7,9-11H2,1-3H3,(H2,23,24,25,27). The van der Waals surface area contributed by atoms with Gasteiger partial charge in [-0.1, -0.05) is 18.7 Å². The van der Waals surface area contributed by atoms with Gasteiger partial charge in [-0.3, -0.25) is 9.36 Å². The van der Waals surface area contributed by atoms with Gasteiger partial charge in [-0.05, 0) is 42.9 Å². The number of nitrogen functional groups attached to an aromatic ring is 1. The highest BCUT2D eigenvalue weighted by molar-refractivity contribution is 7.98. The van der Waals surface area contributed by atoms with Crippen LogP contribution in [0.5, 0.6) is 0 Å². The molecule has 0 amide bonds. The normalized spacial score (nSPS) is 15.7. The van der Waals surface area contributed by atoms with E-state index in [0.29, 0.717) is 40.9 Å². The first kappa shape index (κ1) is 21.9. The van der Waals surface area contributed by atoms with Crippen LogP contribution in [0.15, 0.2) is 32.8 Å². The summed E-state index contributed by atoms with van der Waals surface area (Å²) < 4.78 is 7.24. The second-order valence-corrected chi connectivity index (χ2v) is 10.5. The summed E-state index contributed by atoms with van der Waals surface area (Å²) in [7, 11) is 3.70. The van der Waals surface area contributed by atoms with Gasteiger partial charge in [-0.25, -0.2) is 4.98 Å². The van der Waals surface area contributed by atoms with Gasteiger partial charge in [0, 0.05) is 19.0 Å². The van der Waals surface area contributed by atoms with Crippen LogP contribution in [0.3, 0.4) is 0 Å². The predicted octanol–water partition coefficient (Wildman–Crippen LogP) is 3.35. The molecule has 0 aromatic carbocycles. The SMILES string of the molecule is CC1CCc2c(sc3nc(SCc4nc(N)nc(N(C)C)n4)n(Cc4ccco4)c(=O)c23)C1. The zero-order valence-corrected chi connectivity index (χ0v) is 20.4. The van der Waals surface area contributed by atoms with Crippen molar-refractivity contribution in [2.75, 3.05) is 24.7 Å². The number of anilines is 2. The molecule has 0 bridgehead atoms. The number of rotatable bonds is 6. The van der Waals surface area contributed by atoms with Crippen LogP contribution in [0.4, 0.5) is 11.9 Å². The molecule has 0 fully saturated rings. The van der Waals surface area contributed by atoms with E-state index in [1.165, 1.54) is 22.2 Å². The lowest BCUT2D eigenvalue weighted by molar-refractivity contribution is 0.476. The van der Waals surface area contributed by atoms with Crippen LogP contribution in [-0.4, -0.2) is 38.6 Å². The van der Waals surface area contributed by atoms with Gasteiger partial charge < -0.3 is 15.1 Å². The fourth-order valence-electron chi connectivity index (χ4n) is 4.03. The van der Waals surface area contributed by atoms with E-state index >= 15 is 0 Å². The maximum atomic E-state index is 13.7. The second-order valence-electron chi connectivity index (χ2n) is 8.49. The highest BCUT2D eigenvalue weighted by Crippen LogP contribution is 2.37. The molecule has 1 unspecified atom stereocenters.